The Morgan fingerprint density at radius 3 is 2.40 bits per heavy atom. The van der Waals surface area contributed by atoms with Gasteiger partial charge in [-0.25, -0.2) is 8.78 Å². The van der Waals surface area contributed by atoms with E-state index in [9.17, 15) is 31.9 Å². The molecular formula is C22H22F5NO2. The highest BCUT2D eigenvalue weighted by Crippen LogP contribution is 2.36. The molecule has 1 heterocycles. The lowest BCUT2D eigenvalue weighted by Crippen LogP contribution is -2.43. The number of likely N-dealkylation sites (tertiary alicyclic amines) is 1. The lowest BCUT2D eigenvalue weighted by molar-refractivity contribution is -0.137. The molecule has 0 bridgehead atoms. The van der Waals surface area contributed by atoms with Crippen molar-refractivity contribution in [1.29, 1.82) is 0 Å². The molecule has 0 amide bonds. The maximum absolute atomic E-state index is 13.7. The van der Waals surface area contributed by atoms with Crippen molar-refractivity contribution in [3.63, 3.8) is 0 Å². The first-order chi connectivity index (χ1) is 14.1. The second-order valence-electron chi connectivity index (χ2n) is 7.60. The topological polar surface area (TPSA) is 40.5 Å². The second kappa shape index (κ2) is 8.81. The molecule has 30 heavy (non-hydrogen) atoms. The van der Waals surface area contributed by atoms with E-state index in [1.807, 2.05) is 4.90 Å². The van der Waals surface area contributed by atoms with Gasteiger partial charge >= 0.3 is 6.18 Å². The summed E-state index contributed by atoms with van der Waals surface area (Å²) in [7, 11) is 0. The number of ketones is 1. The number of aliphatic hydroxyl groups is 1. The van der Waals surface area contributed by atoms with Crippen LogP contribution >= 0.6 is 0 Å². The number of halogens is 5. The van der Waals surface area contributed by atoms with Crippen LogP contribution in [0.3, 0.4) is 0 Å². The van der Waals surface area contributed by atoms with Gasteiger partial charge in [-0.1, -0.05) is 12.1 Å². The summed E-state index contributed by atoms with van der Waals surface area (Å²) in [6.07, 6.45) is -3.37. The van der Waals surface area contributed by atoms with Crippen LogP contribution in [0.4, 0.5) is 22.0 Å². The molecule has 8 heteroatoms. The molecule has 3 nitrogen and oxygen atoms in total. The molecule has 0 aliphatic carbocycles. The predicted octanol–water partition coefficient (Wildman–Crippen LogP) is 4.93. The number of piperidine rings is 1. The summed E-state index contributed by atoms with van der Waals surface area (Å²) in [4.78, 5) is 14.1. The number of carbonyl (C=O) groups is 1. The fourth-order valence-corrected chi connectivity index (χ4v) is 3.73. The maximum Gasteiger partial charge on any atom is 0.416 e. The van der Waals surface area contributed by atoms with Crippen LogP contribution in [0.5, 0.6) is 0 Å². The normalized spacial score (nSPS) is 17.1. The summed E-state index contributed by atoms with van der Waals surface area (Å²) in [5.41, 5.74) is -2.01. The Morgan fingerprint density at radius 2 is 1.77 bits per heavy atom. The van der Waals surface area contributed by atoms with Crippen LogP contribution in [0.1, 0.15) is 47.2 Å². The van der Waals surface area contributed by atoms with Gasteiger partial charge in [0.15, 0.2) is 5.78 Å². The number of carbonyl (C=O) groups excluding carboxylic acids is 1. The standard InChI is InChI=1S/C22H22F5NO2/c23-17-6-7-18(19(24)14-17)20(29)5-2-10-28-11-8-21(30,9-12-28)15-3-1-4-16(13-15)22(25,26)27/h1,3-4,6-7,13-14,30H,2,5,8-12H2. The molecule has 162 valence electrons. The summed E-state index contributed by atoms with van der Waals surface area (Å²) in [5, 5.41) is 10.8. The van der Waals surface area contributed by atoms with Gasteiger partial charge in [-0.2, -0.15) is 13.2 Å². The van der Waals surface area contributed by atoms with Gasteiger partial charge < -0.3 is 10.0 Å². The van der Waals surface area contributed by atoms with Crippen molar-refractivity contribution in [1.82, 2.24) is 4.90 Å². The average Bonchev–Trinajstić information content (AvgIpc) is 2.69. The molecule has 1 aliphatic rings. The molecule has 3 rings (SSSR count). The van der Waals surface area contributed by atoms with Crippen molar-refractivity contribution < 1.29 is 31.9 Å². The molecule has 0 aromatic heterocycles. The fraction of sp³-hybridized carbons (Fsp3) is 0.409. The highest BCUT2D eigenvalue weighted by molar-refractivity contribution is 5.96. The average molecular weight is 427 g/mol. The van der Waals surface area contributed by atoms with Crippen LogP contribution in [-0.4, -0.2) is 35.4 Å². The van der Waals surface area contributed by atoms with Crippen LogP contribution in [-0.2, 0) is 11.8 Å². The molecule has 2 aromatic carbocycles. The van der Waals surface area contributed by atoms with Gasteiger partial charge in [-0.05, 0) is 55.6 Å². The summed E-state index contributed by atoms with van der Waals surface area (Å²) in [6.45, 7) is 1.46. The Bertz CT molecular complexity index is 905. The maximum atomic E-state index is 13.7. The van der Waals surface area contributed by atoms with E-state index in [1.165, 1.54) is 12.1 Å². The van der Waals surface area contributed by atoms with Gasteiger partial charge in [0.2, 0.25) is 0 Å². The van der Waals surface area contributed by atoms with E-state index in [2.05, 4.69) is 0 Å². The first kappa shape index (κ1) is 22.4. The van der Waals surface area contributed by atoms with Gasteiger partial charge in [0.1, 0.15) is 11.6 Å². The zero-order valence-corrected chi connectivity index (χ0v) is 16.2. The smallest absolute Gasteiger partial charge is 0.385 e. The number of nitrogens with zero attached hydrogens (tertiary/aromatic N) is 1. The molecule has 0 saturated carbocycles. The minimum absolute atomic E-state index is 0.0942. The van der Waals surface area contributed by atoms with Gasteiger partial charge in [0.25, 0.3) is 0 Å². The summed E-state index contributed by atoms with van der Waals surface area (Å²) in [5.74, 6) is -2.04. The molecule has 0 unspecified atom stereocenters. The predicted molar refractivity (Wildman–Crippen MR) is 101 cm³/mol. The van der Waals surface area contributed by atoms with Crippen molar-refractivity contribution in [2.24, 2.45) is 0 Å². The summed E-state index contributed by atoms with van der Waals surface area (Å²) in [6, 6.07) is 7.60. The summed E-state index contributed by atoms with van der Waals surface area (Å²) < 4.78 is 65.4. The minimum Gasteiger partial charge on any atom is -0.385 e. The van der Waals surface area contributed by atoms with Crippen LogP contribution in [0.15, 0.2) is 42.5 Å². The molecule has 1 aliphatic heterocycles. The van der Waals surface area contributed by atoms with E-state index in [1.54, 1.807) is 0 Å². The number of alkyl halides is 3. The highest BCUT2D eigenvalue weighted by atomic mass is 19.4. The first-order valence-electron chi connectivity index (χ1n) is 9.69. The molecule has 0 atom stereocenters. The molecule has 1 saturated heterocycles. The minimum atomic E-state index is -4.47. The van der Waals surface area contributed by atoms with Crippen LogP contribution in [0, 0.1) is 11.6 Å². The van der Waals surface area contributed by atoms with Gasteiger partial charge in [0.05, 0.1) is 16.7 Å². The molecule has 0 spiro atoms. The van der Waals surface area contributed by atoms with E-state index in [-0.39, 0.29) is 30.4 Å². The first-order valence-corrected chi connectivity index (χ1v) is 9.69. The van der Waals surface area contributed by atoms with Gasteiger partial charge in [-0.15, -0.1) is 0 Å². The monoisotopic (exact) mass is 427 g/mol. The third-order valence-electron chi connectivity index (χ3n) is 5.52. The number of hydrogen-bond donors (Lipinski definition) is 1. The van der Waals surface area contributed by atoms with Crippen LogP contribution < -0.4 is 0 Å². The summed E-state index contributed by atoms with van der Waals surface area (Å²) >= 11 is 0. The quantitative estimate of drug-likeness (QED) is 0.525. The Kier molecular flexibility index (Phi) is 6.57. The van der Waals surface area contributed by atoms with Crippen LogP contribution in [0.25, 0.3) is 0 Å². The number of benzene rings is 2. The van der Waals surface area contributed by atoms with Crippen molar-refractivity contribution in [2.75, 3.05) is 19.6 Å². The zero-order chi connectivity index (χ0) is 21.9. The zero-order valence-electron chi connectivity index (χ0n) is 16.2. The van der Waals surface area contributed by atoms with E-state index >= 15 is 0 Å². The third kappa shape index (κ3) is 5.23. The van der Waals surface area contributed by atoms with Crippen LogP contribution in [0.2, 0.25) is 0 Å². The lowest BCUT2D eigenvalue weighted by Gasteiger charge is -2.38. The van der Waals surface area contributed by atoms with Crippen molar-refractivity contribution in [3.8, 4) is 0 Å². The van der Waals surface area contributed by atoms with Crippen molar-refractivity contribution >= 4 is 5.78 Å². The highest BCUT2D eigenvalue weighted by Gasteiger charge is 2.36. The van der Waals surface area contributed by atoms with Crippen molar-refractivity contribution in [3.05, 3.63) is 70.8 Å². The van der Waals surface area contributed by atoms with Crippen molar-refractivity contribution in [2.45, 2.75) is 37.5 Å². The molecule has 0 radical (unpaired) electrons. The Hall–Kier alpha value is -2.32. The SMILES string of the molecule is O=C(CCCN1CCC(O)(c2cccc(C(F)(F)F)c2)CC1)c1ccc(F)cc1F. The van der Waals surface area contributed by atoms with E-state index < -0.39 is 34.8 Å². The molecule has 1 N–H and O–H groups in total. The number of hydrogen-bond acceptors (Lipinski definition) is 3. The van der Waals surface area contributed by atoms with E-state index in [4.69, 9.17) is 0 Å². The van der Waals surface area contributed by atoms with Gasteiger partial charge in [0, 0.05) is 25.6 Å². The lowest BCUT2D eigenvalue weighted by atomic mass is 9.83. The number of Topliss-reactive ketones (excluding diaryl/α,β-unsaturated/α-hetero) is 1. The van der Waals surface area contributed by atoms with E-state index in [0.717, 1.165) is 24.3 Å². The third-order valence-corrected chi connectivity index (χ3v) is 5.52. The van der Waals surface area contributed by atoms with E-state index in [0.29, 0.717) is 32.1 Å². The second-order valence-corrected chi connectivity index (χ2v) is 7.60. The molecule has 2 aromatic rings. The Balaban J connectivity index is 1.51. The Labute approximate surface area is 171 Å². The molecular weight excluding hydrogens is 405 g/mol. The fourth-order valence-electron chi connectivity index (χ4n) is 3.73. The Morgan fingerprint density at radius 1 is 1.07 bits per heavy atom. The molecule has 1 fully saturated rings. The number of rotatable bonds is 6. The largest absolute Gasteiger partial charge is 0.416 e. The van der Waals surface area contributed by atoms with Gasteiger partial charge in [-0.3, -0.25) is 4.79 Å².